The summed E-state index contributed by atoms with van der Waals surface area (Å²) in [5.74, 6) is 0. The molecule has 72 valence electrons. The van der Waals surface area contributed by atoms with Gasteiger partial charge in [-0.25, -0.2) is 4.98 Å². The second kappa shape index (κ2) is 4.19. The Morgan fingerprint density at radius 3 is 2.93 bits per heavy atom. The van der Waals surface area contributed by atoms with Gasteiger partial charge in [0.1, 0.15) is 5.01 Å². The highest BCUT2D eigenvalue weighted by Gasteiger charge is 2.07. The van der Waals surface area contributed by atoms with Crippen molar-refractivity contribution in [1.29, 1.82) is 0 Å². The second-order valence-electron chi connectivity index (χ2n) is 2.90. The molecule has 0 saturated heterocycles. The fourth-order valence-corrected chi connectivity index (χ4v) is 2.82. The molecule has 2 aromatic rings. The molecule has 2 nitrogen and oxygen atoms in total. The maximum atomic E-state index is 4.50. The van der Waals surface area contributed by atoms with E-state index in [4.69, 9.17) is 0 Å². The highest BCUT2D eigenvalue weighted by Crippen LogP contribution is 2.28. The molecule has 0 N–H and O–H groups in total. The minimum absolute atomic E-state index is 0.872. The molecule has 0 atom stereocenters. The van der Waals surface area contributed by atoms with Crippen molar-refractivity contribution in [3.63, 3.8) is 0 Å². The van der Waals surface area contributed by atoms with Gasteiger partial charge in [-0.05, 0) is 19.1 Å². The van der Waals surface area contributed by atoms with Gasteiger partial charge in [0, 0.05) is 28.2 Å². The van der Waals surface area contributed by atoms with Gasteiger partial charge < -0.3 is 0 Å². The Balaban J connectivity index is 2.43. The van der Waals surface area contributed by atoms with Crippen LogP contribution < -0.4 is 0 Å². The van der Waals surface area contributed by atoms with E-state index < -0.39 is 0 Å². The van der Waals surface area contributed by atoms with E-state index in [2.05, 4.69) is 25.9 Å². The molecule has 0 aliphatic rings. The number of aromatic nitrogens is 2. The molecule has 0 spiro atoms. The predicted octanol–water partition coefficient (Wildman–Crippen LogP) is 3.41. The summed E-state index contributed by atoms with van der Waals surface area (Å²) in [7, 11) is 0. The van der Waals surface area contributed by atoms with Crippen LogP contribution in [0.15, 0.2) is 24.5 Å². The summed E-state index contributed by atoms with van der Waals surface area (Å²) in [6.45, 7) is 2.03. The number of aryl methyl sites for hydroxylation is 1. The van der Waals surface area contributed by atoms with Crippen molar-refractivity contribution in [2.24, 2.45) is 0 Å². The van der Waals surface area contributed by atoms with Crippen molar-refractivity contribution >= 4 is 27.3 Å². The van der Waals surface area contributed by atoms with Gasteiger partial charge in [-0.2, -0.15) is 0 Å². The number of alkyl halides is 1. The van der Waals surface area contributed by atoms with E-state index in [0.29, 0.717) is 0 Å². The Hall–Kier alpha value is -0.740. The third-order valence-electron chi connectivity index (χ3n) is 1.92. The van der Waals surface area contributed by atoms with Gasteiger partial charge >= 0.3 is 0 Å². The lowest BCUT2D eigenvalue weighted by Crippen LogP contribution is -1.78. The minimum Gasteiger partial charge on any atom is -0.264 e. The van der Waals surface area contributed by atoms with E-state index >= 15 is 0 Å². The molecule has 0 unspecified atom stereocenters. The SMILES string of the molecule is Cc1nc(-c2cccnc2)sc1CBr. The van der Waals surface area contributed by atoms with Crippen LogP contribution >= 0.6 is 27.3 Å². The van der Waals surface area contributed by atoms with Crippen molar-refractivity contribution in [2.45, 2.75) is 12.3 Å². The highest BCUT2D eigenvalue weighted by molar-refractivity contribution is 9.08. The highest BCUT2D eigenvalue weighted by atomic mass is 79.9. The predicted molar refractivity (Wildman–Crippen MR) is 62.7 cm³/mol. The second-order valence-corrected chi connectivity index (χ2v) is 4.55. The number of pyridine rings is 1. The van der Waals surface area contributed by atoms with Crippen LogP contribution in [0.1, 0.15) is 10.6 Å². The first kappa shape index (κ1) is 9.80. The number of halogens is 1. The zero-order valence-corrected chi connectivity index (χ0v) is 10.1. The Morgan fingerprint density at radius 1 is 1.50 bits per heavy atom. The van der Waals surface area contributed by atoms with Crippen molar-refractivity contribution in [3.05, 3.63) is 35.1 Å². The molecule has 2 heterocycles. The fraction of sp³-hybridized carbons (Fsp3) is 0.200. The number of hydrogen-bond donors (Lipinski definition) is 0. The molecule has 2 aromatic heterocycles. The minimum atomic E-state index is 0.872. The zero-order chi connectivity index (χ0) is 9.97. The molecule has 4 heteroatoms. The molecule has 0 saturated carbocycles. The quantitative estimate of drug-likeness (QED) is 0.781. The Bertz CT molecular complexity index is 425. The molecule has 0 fully saturated rings. The van der Waals surface area contributed by atoms with Crippen LogP contribution in [0.25, 0.3) is 10.6 Å². The summed E-state index contributed by atoms with van der Waals surface area (Å²) >= 11 is 5.16. The molecule has 0 bridgehead atoms. The summed E-state index contributed by atoms with van der Waals surface area (Å²) in [6.07, 6.45) is 3.62. The van der Waals surface area contributed by atoms with Gasteiger partial charge in [0.05, 0.1) is 5.69 Å². The van der Waals surface area contributed by atoms with Gasteiger partial charge in [-0.15, -0.1) is 11.3 Å². The smallest absolute Gasteiger partial charge is 0.125 e. The average Bonchev–Trinajstić information content (AvgIpc) is 2.61. The normalized spacial score (nSPS) is 10.4. The number of rotatable bonds is 2. The van der Waals surface area contributed by atoms with Crippen LogP contribution in [-0.2, 0) is 5.33 Å². The lowest BCUT2D eigenvalue weighted by molar-refractivity contribution is 1.22. The molecular formula is C10H9BrN2S. The van der Waals surface area contributed by atoms with Gasteiger partial charge in [-0.3, -0.25) is 4.98 Å². The monoisotopic (exact) mass is 268 g/mol. The topological polar surface area (TPSA) is 25.8 Å². The van der Waals surface area contributed by atoms with E-state index in [1.165, 1.54) is 4.88 Å². The molecule has 2 rings (SSSR count). The molecule has 0 aromatic carbocycles. The number of hydrogen-bond acceptors (Lipinski definition) is 3. The summed E-state index contributed by atoms with van der Waals surface area (Å²) in [4.78, 5) is 9.86. The Kier molecular flexibility index (Phi) is 2.93. The van der Waals surface area contributed by atoms with Gasteiger partial charge in [0.25, 0.3) is 0 Å². The lowest BCUT2D eigenvalue weighted by Gasteiger charge is -1.91. The molecule has 0 amide bonds. The van der Waals surface area contributed by atoms with Crippen LogP contribution in [0.2, 0.25) is 0 Å². The van der Waals surface area contributed by atoms with Crippen LogP contribution in [0, 0.1) is 6.92 Å². The van der Waals surface area contributed by atoms with Crippen LogP contribution in [0.4, 0.5) is 0 Å². The third-order valence-corrected chi connectivity index (χ3v) is 4.06. The molecular weight excluding hydrogens is 260 g/mol. The first-order valence-corrected chi connectivity index (χ1v) is 6.17. The van der Waals surface area contributed by atoms with Gasteiger partial charge in [0.2, 0.25) is 0 Å². The van der Waals surface area contributed by atoms with Crippen molar-refractivity contribution < 1.29 is 0 Å². The Labute approximate surface area is 95.2 Å². The zero-order valence-electron chi connectivity index (χ0n) is 7.70. The van der Waals surface area contributed by atoms with Crippen molar-refractivity contribution in [2.75, 3.05) is 0 Å². The first-order chi connectivity index (χ1) is 6.81. The van der Waals surface area contributed by atoms with Crippen LogP contribution in [0.5, 0.6) is 0 Å². The first-order valence-electron chi connectivity index (χ1n) is 4.24. The summed E-state index contributed by atoms with van der Waals surface area (Å²) < 4.78 is 0. The maximum Gasteiger partial charge on any atom is 0.125 e. The van der Waals surface area contributed by atoms with E-state index in [0.717, 1.165) is 21.6 Å². The van der Waals surface area contributed by atoms with E-state index in [1.54, 1.807) is 17.5 Å². The number of nitrogens with zero attached hydrogens (tertiary/aromatic N) is 2. The van der Waals surface area contributed by atoms with Gasteiger partial charge in [-0.1, -0.05) is 15.9 Å². The van der Waals surface area contributed by atoms with Crippen molar-refractivity contribution in [1.82, 2.24) is 9.97 Å². The van der Waals surface area contributed by atoms with E-state index in [9.17, 15) is 0 Å². The Morgan fingerprint density at radius 2 is 2.36 bits per heavy atom. The van der Waals surface area contributed by atoms with E-state index in [-0.39, 0.29) is 0 Å². The summed E-state index contributed by atoms with van der Waals surface area (Å²) in [5, 5.41) is 1.92. The summed E-state index contributed by atoms with van der Waals surface area (Å²) in [5.41, 5.74) is 2.19. The average molecular weight is 269 g/mol. The largest absolute Gasteiger partial charge is 0.264 e. The standard InChI is InChI=1S/C10H9BrN2S/c1-7-9(5-11)14-10(13-7)8-3-2-4-12-6-8/h2-4,6H,5H2,1H3. The summed E-state index contributed by atoms with van der Waals surface area (Å²) in [6, 6.07) is 3.96. The third kappa shape index (κ3) is 1.86. The molecule has 14 heavy (non-hydrogen) atoms. The molecule has 0 radical (unpaired) electrons. The number of thiazole rings is 1. The molecule has 0 aliphatic heterocycles. The van der Waals surface area contributed by atoms with Crippen LogP contribution in [0.3, 0.4) is 0 Å². The molecule has 0 aliphatic carbocycles. The maximum absolute atomic E-state index is 4.50. The fourth-order valence-electron chi connectivity index (χ4n) is 1.16. The lowest BCUT2D eigenvalue weighted by atomic mass is 10.3. The van der Waals surface area contributed by atoms with Crippen LogP contribution in [-0.4, -0.2) is 9.97 Å². The van der Waals surface area contributed by atoms with Gasteiger partial charge in [0.15, 0.2) is 0 Å². The van der Waals surface area contributed by atoms with E-state index in [1.807, 2.05) is 25.3 Å². The van der Waals surface area contributed by atoms with Crippen molar-refractivity contribution in [3.8, 4) is 10.6 Å².